The first kappa shape index (κ1) is 21.4. The summed E-state index contributed by atoms with van der Waals surface area (Å²) in [6.45, 7) is 3.75. The van der Waals surface area contributed by atoms with Crippen LogP contribution in [0.15, 0.2) is 30.4 Å². The average molecular weight is 398 g/mol. The zero-order valence-corrected chi connectivity index (χ0v) is 17.0. The van der Waals surface area contributed by atoms with Crippen LogP contribution in [0.4, 0.5) is 0 Å². The first-order chi connectivity index (χ1) is 13.9. The maximum atomic E-state index is 11.3. The van der Waals surface area contributed by atoms with Gasteiger partial charge in [-0.15, -0.1) is 11.8 Å². The molecule has 3 rings (SSSR count). The second kappa shape index (κ2) is 9.47. The molecule has 0 aromatic heterocycles. The van der Waals surface area contributed by atoms with Crippen LogP contribution in [0.1, 0.15) is 55.5 Å². The molecule has 6 atom stereocenters. The summed E-state index contributed by atoms with van der Waals surface area (Å²) in [5.41, 5.74) is 1.23. The number of aliphatic hydroxyl groups is 2. The van der Waals surface area contributed by atoms with Crippen LogP contribution in [0, 0.1) is 29.6 Å². The van der Waals surface area contributed by atoms with Gasteiger partial charge in [0.2, 0.25) is 0 Å². The number of carboxylic acid groups (broad SMARTS) is 1. The highest BCUT2D eigenvalue weighted by molar-refractivity contribution is 5.88. The van der Waals surface area contributed by atoms with Crippen LogP contribution in [0.5, 0.6) is 5.75 Å². The van der Waals surface area contributed by atoms with Gasteiger partial charge in [-0.3, -0.25) is 0 Å². The number of carboxylic acids is 1. The van der Waals surface area contributed by atoms with E-state index in [1.165, 1.54) is 0 Å². The first-order valence-electron chi connectivity index (χ1n) is 10.4. The average Bonchev–Trinajstić information content (AvgIpc) is 2.96. The third-order valence-corrected chi connectivity index (χ3v) is 6.18. The van der Waals surface area contributed by atoms with Gasteiger partial charge < -0.3 is 20.1 Å². The molecule has 1 heterocycles. The Labute approximate surface area is 172 Å². The van der Waals surface area contributed by atoms with Gasteiger partial charge in [0.1, 0.15) is 11.9 Å². The molecule has 1 aliphatic heterocycles. The normalized spacial score (nSPS) is 28.1. The molecule has 1 aliphatic carbocycles. The van der Waals surface area contributed by atoms with Gasteiger partial charge >= 0.3 is 5.97 Å². The van der Waals surface area contributed by atoms with Crippen molar-refractivity contribution in [2.45, 2.75) is 64.3 Å². The SMILES string of the molecule is CC#CCC(C)C(O)/C=C/[C@@H]1[C@H]2CCCc3ccc(C(=O)O)cc3O[C@H]2C[C@H]1O. The van der Waals surface area contributed by atoms with E-state index in [2.05, 4.69) is 11.8 Å². The minimum absolute atomic E-state index is 0.0305. The molecule has 1 fully saturated rings. The monoisotopic (exact) mass is 398 g/mol. The Hall–Kier alpha value is -2.29. The molecule has 1 aromatic rings. The molecule has 0 saturated heterocycles. The van der Waals surface area contributed by atoms with Crippen molar-refractivity contribution in [3.63, 3.8) is 0 Å². The Morgan fingerprint density at radius 3 is 2.93 bits per heavy atom. The van der Waals surface area contributed by atoms with Gasteiger partial charge in [0.05, 0.1) is 17.8 Å². The van der Waals surface area contributed by atoms with Crippen molar-refractivity contribution >= 4 is 5.97 Å². The number of carbonyl (C=O) groups is 1. The van der Waals surface area contributed by atoms with Gasteiger partial charge in [0.25, 0.3) is 0 Å². The smallest absolute Gasteiger partial charge is 0.335 e. The lowest BCUT2D eigenvalue weighted by atomic mass is 9.86. The summed E-state index contributed by atoms with van der Waals surface area (Å²) in [7, 11) is 0. The van der Waals surface area contributed by atoms with Crippen molar-refractivity contribution in [1.29, 1.82) is 0 Å². The summed E-state index contributed by atoms with van der Waals surface area (Å²) in [4.78, 5) is 11.3. The molecule has 0 bridgehead atoms. The van der Waals surface area contributed by atoms with Crippen molar-refractivity contribution in [3.05, 3.63) is 41.5 Å². The molecular weight excluding hydrogens is 368 g/mol. The molecule has 2 aliphatic rings. The third kappa shape index (κ3) is 5.01. The van der Waals surface area contributed by atoms with E-state index in [1.807, 2.05) is 19.1 Å². The van der Waals surface area contributed by atoms with Gasteiger partial charge in [-0.05, 0) is 49.8 Å². The fourth-order valence-corrected chi connectivity index (χ4v) is 4.40. The van der Waals surface area contributed by atoms with Crippen LogP contribution >= 0.6 is 0 Å². The van der Waals surface area contributed by atoms with Crippen LogP contribution in [0.3, 0.4) is 0 Å². The summed E-state index contributed by atoms with van der Waals surface area (Å²) in [5, 5.41) is 30.3. The van der Waals surface area contributed by atoms with Crippen molar-refractivity contribution in [2.24, 2.45) is 17.8 Å². The molecule has 5 nitrogen and oxygen atoms in total. The highest BCUT2D eigenvalue weighted by Crippen LogP contribution is 2.42. The Balaban J connectivity index is 1.75. The third-order valence-electron chi connectivity index (χ3n) is 6.18. The fourth-order valence-electron chi connectivity index (χ4n) is 4.40. The predicted octanol–water partition coefficient (Wildman–Crippen LogP) is 3.43. The van der Waals surface area contributed by atoms with Crippen LogP contribution in [0.2, 0.25) is 0 Å². The molecule has 0 spiro atoms. The van der Waals surface area contributed by atoms with Gasteiger partial charge in [0.15, 0.2) is 0 Å². The Bertz CT molecular complexity index is 818. The summed E-state index contributed by atoms with van der Waals surface area (Å²) in [6.07, 6.45) is 6.25. The van der Waals surface area contributed by atoms with Crippen molar-refractivity contribution in [3.8, 4) is 17.6 Å². The van der Waals surface area contributed by atoms with Gasteiger partial charge in [-0.25, -0.2) is 4.79 Å². The number of aliphatic hydroxyl groups excluding tert-OH is 2. The largest absolute Gasteiger partial charge is 0.490 e. The lowest BCUT2D eigenvalue weighted by molar-refractivity contribution is 0.0695. The number of aryl methyl sites for hydroxylation is 1. The highest BCUT2D eigenvalue weighted by atomic mass is 16.5. The number of hydrogen-bond acceptors (Lipinski definition) is 4. The number of fused-ring (bicyclic) bond motifs is 2. The van der Waals surface area contributed by atoms with E-state index in [-0.39, 0.29) is 29.4 Å². The standard InChI is InChI=1S/C24H30O5/c1-3-4-6-15(2)20(25)12-11-18-19-8-5-7-16-9-10-17(24(27)28)13-22(16)29-23(19)14-21(18)26/h9-13,15,18-21,23,25-26H,5-8,14H2,1-2H3,(H,27,28)/b12-11+/t15?,18-,19-,20?,21-,23+/m1/s1. The lowest BCUT2D eigenvalue weighted by Crippen LogP contribution is -2.27. The molecule has 1 saturated carbocycles. The van der Waals surface area contributed by atoms with E-state index in [0.29, 0.717) is 18.6 Å². The van der Waals surface area contributed by atoms with Gasteiger partial charge in [0, 0.05) is 24.7 Å². The number of benzene rings is 1. The predicted molar refractivity (Wildman–Crippen MR) is 111 cm³/mol. The summed E-state index contributed by atoms with van der Waals surface area (Å²) in [6, 6.07) is 5.04. The molecule has 2 unspecified atom stereocenters. The number of hydrogen-bond donors (Lipinski definition) is 3. The number of ether oxygens (including phenoxy) is 1. The van der Waals surface area contributed by atoms with E-state index < -0.39 is 18.2 Å². The number of aromatic carboxylic acids is 1. The molecule has 3 N–H and O–H groups in total. The van der Waals surface area contributed by atoms with E-state index in [0.717, 1.165) is 24.8 Å². The van der Waals surface area contributed by atoms with E-state index in [4.69, 9.17) is 4.74 Å². The highest BCUT2D eigenvalue weighted by Gasteiger charge is 2.43. The number of rotatable bonds is 5. The quantitative estimate of drug-likeness (QED) is 0.523. The van der Waals surface area contributed by atoms with Crippen LogP contribution < -0.4 is 4.74 Å². The maximum absolute atomic E-state index is 11.3. The molecule has 156 valence electrons. The fraction of sp³-hybridized carbons (Fsp3) is 0.542. The van der Waals surface area contributed by atoms with Crippen molar-refractivity contribution in [2.75, 3.05) is 0 Å². The summed E-state index contributed by atoms with van der Waals surface area (Å²) in [5.74, 6) is 5.57. The second-order valence-electron chi connectivity index (χ2n) is 8.20. The molecule has 29 heavy (non-hydrogen) atoms. The minimum Gasteiger partial charge on any atom is -0.490 e. The van der Waals surface area contributed by atoms with E-state index >= 15 is 0 Å². The maximum Gasteiger partial charge on any atom is 0.335 e. The van der Waals surface area contributed by atoms with Crippen LogP contribution in [0.25, 0.3) is 0 Å². The zero-order chi connectivity index (χ0) is 21.0. The van der Waals surface area contributed by atoms with Crippen LogP contribution in [-0.4, -0.2) is 39.6 Å². The van der Waals surface area contributed by atoms with E-state index in [9.17, 15) is 20.1 Å². The second-order valence-corrected chi connectivity index (χ2v) is 8.20. The zero-order valence-electron chi connectivity index (χ0n) is 17.0. The molecule has 5 heteroatoms. The van der Waals surface area contributed by atoms with Crippen molar-refractivity contribution < 1.29 is 24.9 Å². The lowest BCUT2D eigenvalue weighted by Gasteiger charge is -2.28. The Morgan fingerprint density at radius 2 is 2.21 bits per heavy atom. The molecule has 0 amide bonds. The minimum atomic E-state index is -0.974. The topological polar surface area (TPSA) is 87.0 Å². The van der Waals surface area contributed by atoms with Gasteiger partial charge in [-0.2, -0.15) is 0 Å². The first-order valence-corrected chi connectivity index (χ1v) is 10.4. The van der Waals surface area contributed by atoms with Crippen molar-refractivity contribution in [1.82, 2.24) is 0 Å². The Morgan fingerprint density at radius 1 is 1.41 bits per heavy atom. The molecule has 1 aromatic carbocycles. The summed E-state index contributed by atoms with van der Waals surface area (Å²) < 4.78 is 6.22. The van der Waals surface area contributed by atoms with Gasteiger partial charge in [-0.1, -0.05) is 25.1 Å². The Kier molecular flexibility index (Phi) is 7.00. The molecule has 0 radical (unpaired) electrons. The van der Waals surface area contributed by atoms with E-state index in [1.54, 1.807) is 25.1 Å². The summed E-state index contributed by atoms with van der Waals surface area (Å²) >= 11 is 0. The van der Waals surface area contributed by atoms with Crippen LogP contribution in [-0.2, 0) is 6.42 Å². The molecular formula is C24H30O5.